The number of nitrogen functional groups attached to an aromatic ring is 1. The predicted octanol–water partition coefficient (Wildman–Crippen LogP) is 4.17. The van der Waals surface area contributed by atoms with Crippen molar-refractivity contribution in [1.29, 1.82) is 5.41 Å². The number of anilines is 3. The minimum atomic E-state index is 0.0673. The fourth-order valence-corrected chi connectivity index (χ4v) is 4.76. The Bertz CT molecular complexity index is 960. The van der Waals surface area contributed by atoms with Gasteiger partial charge in [-0.25, -0.2) is 9.97 Å². The normalized spacial score (nSPS) is 14.5. The second-order valence-corrected chi connectivity index (χ2v) is 9.24. The SMILES string of the molecule is CCN(CC)CCC(=O)N(c1ccc(Cl)cc1)C1CCN(c2ncnc(N)c2C(=N)Br)CC1. The number of piperidine rings is 1. The van der Waals surface area contributed by atoms with E-state index < -0.39 is 0 Å². The van der Waals surface area contributed by atoms with Crippen LogP contribution < -0.4 is 15.5 Å². The van der Waals surface area contributed by atoms with E-state index in [0.717, 1.165) is 38.2 Å². The molecule has 1 aromatic carbocycles. The van der Waals surface area contributed by atoms with Crippen molar-refractivity contribution in [2.45, 2.75) is 39.2 Å². The number of nitrogens with zero attached hydrogens (tertiary/aromatic N) is 5. The van der Waals surface area contributed by atoms with Crippen molar-refractivity contribution in [3.63, 3.8) is 0 Å². The maximum absolute atomic E-state index is 13.4. The van der Waals surface area contributed by atoms with Crippen LogP contribution in [0.2, 0.25) is 5.02 Å². The molecule has 3 rings (SSSR count). The van der Waals surface area contributed by atoms with E-state index in [0.29, 0.717) is 35.9 Å². The highest BCUT2D eigenvalue weighted by molar-refractivity contribution is 9.18. The van der Waals surface area contributed by atoms with Gasteiger partial charge in [0.25, 0.3) is 0 Å². The Morgan fingerprint density at radius 3 is 2.42 bits per heavy atom. The van der Waals surface area contributed by atoms with Crippen LogP contribution in [-0.4, -0.2) is 64.2 Å². The smallest absolute Gasteiger partial charge is 0.228 e. The molecule has 33 heavy (non-hydrogen) atoms. The molecule has 1 fully saturated rings. The minimum absolute atomic E-state index is 0.0673. The van der Waals surface area contributed by atoms with Gasteiger partial charge in [-0.15, -0.1) is 0 Å². The standard InChI is InChI=1S/C23H31BrClN7O/c1-3-30(4-2)12-11-19(33)32(17-7-5-16(25)6-8-17)18-9-13-31(14-10-18)23-20(21(24)26)22(27)28-15-29-23/h5-8,15,18,26H,3-4,9-14H2,1-2H3,(H2,27,28,29). The van der Waals surface area contributed by atoms with E-state index in [1.807, 2.05) is 29.2 Å². The zero-order valence-electron chi connectivity index (χ0n) is 19.1. The molecule has 0 spiro atoms. The molecular weight excluding hydrogens is 506 g/mol. The van der Waals surface area contributed by atoms with Gasteiger partial charge in [0, 0.05) is 42.8 Å². The summed E-state index contributed by atoms with van der Waals surface area (Å²) in [5, 5.41) is 8.65. The fraction of sp³-hybridized carbons (Fsp3) is 0.478. The first-order valence-electron chi connectivity index (χ1n) is 11.3. The van der Waals surface area contributed by atoms with Crippen molar-refractivity contribution < 1.29 is 4.79 Å². The zero-order chi connectivity index (χ0) is 24.0. The second kappa shape index (κ2) is 11.8. The molecule has 0 radical (unpaired) electrons. The number of amides is 1. The van der Waals surface area contributed by atoms with E-state index in [4.69, 9.17) is 22.7 Å². The number of rotatable bonds is 9. The van der Waals surface area contributed by atoms with Crippen LogP contribution in [0.1, 0.15) is 38.7 Å². The molecule has 10 heteroatoms. The van der Waals surface area contributed by atoms with E-state index >= 15 is 0 Å². The van der Waals surface area contributed by atoms with E-state index in [1.165, 1.54) is 6.33 Å². The summed E-state index contributed by atoms with van der Waals surface area (Å²) in [6.07, 6.45) is 3.45. The van der Waals surface area contributed by atoms with Crippen molar-refractivity contribution >= 4 is 55.4 Å². The fourth-order valence-electron chi connectivity index (χ4n) is 4.25. The number of nitrogens with two attached hydrogens (primary N) is 1. The molecule has 178 valence electrons. The summed E-state index contributed by atoms with van der Waals surface area (Å²) in [7, 11) is 0. The average Bonchev–Trinajstić information content (AvgIpc) is 2.81. The molecule has 1 aromatic heterocycles. The number of carbonyl (C=O) groups is 1. The Morgan fingerprint density at radius 2 is 1.85 bits per heavy atom. The van der Waals surface area contributed by atoms with Gasteiger partial charge in [-0.05, 0) is 66.1 Å². The molecule has 0 atom stereocenters. The Hall–Kier alpha value is -2.23. The quantitative estimate of drug-likeness (QED) is 0.467. The molecule has 3 N–H and O–H groups in total. The summed E-state index contributed by atoms with van der Waals surface area (Å²) in [6, 6.07) is 7.55. The third kappa shape index (κ3) is 6.22. The van der Waals surface area contributed by atoms with Gasteiger partial charge < -0.3 is 20.4 Å². The monoisotopic (exact) mass is 535 g/mol. The summed E-state index contributed by atoms with van der Waals surface area (Å²) in [4.78, 5) is 28.1. The van der Waals surface area contributed by atoms with Gasteiger partial charge in [0.1, 0.15) is 22.6 Å². The lowest BCUT2D eigenvalue weighted by Crippen LogP contribution is -2.48. The second-order valence-electron chi connectivity index (χ2n) is 8.01. The third-order valence-electron chi connectivity index (χ3n) is 6.12. The molecule has 2 heterocycles. The number of carbonyl (C=O) groups excluding carboxylic acids is 1. The molecule has 1 aliphatic heterocycles. The van der Waals surface area contributed by atoms with Crippen LogP contribution in [-0.2, 0) is 4.79 Å². The maximum atomic E-state index is 13.4. The van der Waals surface area contributed by atoms with Crippen LogP contribution in [0.15, 0.2) is 30.6 Å². The Kier molecular flexibility index (Phi) is 9.05. The largest absolute Gasteiger partial charge is 0.383 e. The highest BCUT2D eigenvalue weighted by Gasteiger charge is 2.31. The lowest BCUT2D eigenvalue weighted by Gasteiger charge is -2.39. The number of benzene rings is 1. The Labute approximate surface area is 208 Å². The van der Waals surface area contributed by atoms with Gasteiger partial charge in [-0.3, -0.25) is 10.2 Å². The highest BCUT2D eigenvalue weighted by atomic mass is 79.9. The van der Waals surface area contributed by atoms with Gasteiger partial charge in [0.05, 0.1) is 5.56 Å². The number of hydrogen-bond donors (Lipinski definition) is 2. The molecular formula is C23H31BrClN7O. The predicted molar refractivity (Wildman–Crippen MR) is 139 cm³/mol. The summed E-state index contributed by atoms with van der Waals surface area (Å²) >= 11 is 9.31. The van der Waals surface area contributed by atoms with E-state index in [-0.39, 0.29) is 22.4 Å². The van der Waals surface area contributed by atoms with Gasteiger partial charge >= 0.3 is 0 Å². The van der Waals surface area contributed by atoms with Crippen molar-refractivity contribution in [2.24, 2.45) is 0 Å². The van der Waals surface area contributed by atoms with Crippen molar-refractivity contribution in [3.8, 4) is 0 Å². The molecule has 8 nitrogen and oxygen atoms in total. The first-order chi connectivity index (χ1) is 15.8. The Morgan fingerprint density at radius 1 is 1.21 bits per heavy atom. The van der Waals surface area contributed by atoms with E-state index in [2.05, 4.69) is 49.5 Å². The van der Waals surface area contributed by atoms with Crippen LogP contribution >= 0.6 is 27.5 Å². The van der Waals surface area contributed by atoms with Crippen molar-refractivity contribution in [2.75, 3.05) is 48.3 Å². The zero-order valence-corrected chi connectivity index (χ0v) is 21.4. The van der Waals surface area contributed by atoms with Crippen LogP contribution in [0, 0.1) is 5.41 Å². The summed E-state index contributed by atoms with van der Waals surface area (Å²) in [5.41, 5.74) is 7.37. The van der Waals surface area contributed by atoms with Gasteiger partial charge in [-0.1, -0.05) is 25.4 Å². The highest BCUT2D eigenvalue weighted by Crippen LogP contribution is 2.30. The molecule has 1 saturated heterocycles. The average molecular weight is 537 g/mol. The summed E-state index contributed by atoms with van der Waals surface area (Å²) in [5.74, 6) is 1.05. The van der Waals surface area contributed by atoms with Crippen LogP contribution in [0.5, 0.6) is 0 Å². The third-order valence-corrected chi connectivity index (χ3v) is 6.76. The lowest BCUT2D eigenvalue weighted by atomic mass is 10.0. The minimum Gasteiger partial charge on any atom is -0.383 e. The maximum Gasteiger partial charge on any atom is 0.228 e. The molecule has 1 amide bonds. The van der Waals surface area contributed by atoms with E-state index in [1.54, 1.807) is 0 Å². The molecule has 1 aliphatic rings. The molecule has 0 aliphatic carbocycles. The topological polar surface area (TPSA) is 102 Å². The van der Waals surface area contributed by atoms with Crippen LogP contribution in [0.25, 0.3) is 0 Å². The van der Waals surface area contributed by atoms with Crippen LogP contribution in [0.4, 0.5) is 17.3 Å². The lowest BCUT2D eigenvalue weighted by molar-refractivity contribution is -0.119. The first kappa shape index (κ1) is 25.4. The summed E-state index contributed by atoms with van der Waals surface area (Å²) < 4.78 is 0.159. The molecule has 0 bridgehead atoms. The Balaban J connectivity index is 1.78. The van der Waals surface area contributed by atoms with Crippen molar-refractivity contribution in [1.82, 2.24) is 14.9 Å². The molecule has 0 saturated carbocycles. The van der Waals surface area contributed by atoms with Crippen molar-refractivity contribution in [3.05, 3.63) is 41.2 Å². The first-order valence-corrected chi connectivity index (χ1v) is 12.4. The van der Waals surface area contributed by atoms with Gasteiger partial charge in [0.2, 0.25) is 5.91 Å². The van der Waals surface area contributed by atoms with Gasteiger partial charge in [-0.2, -0.15) is 0 Å². The number of nitrogens with one attached hydrogen (secondary N) is 1. The van der Waals surface area contributed by atoms with Crippen LogP contribution in [0.3, 0.4) is 0 Å². The number of halogens is 2. The summed E-state index contributed by atoms with van der Waals surface area (Å²) in [6.45, 7) is 8.21. The molecule has 2 aromatic rings. The van der Waals surface area contributed by atoms with E-state index in [9.17, 15) is 4.79 Å². The number of aromatic nitrogens is 2. The number of hydrogen-bond acceptors (Lipinski definition) is 7. The van der Waals surface area contributed by atoms with Gasteiger partial charge in [0.15, 0.2) is 0 Å². The molecule has 0 unspecified atom stereocenters.